The molecule has 6 heteroatoms. The summed E-state index contributed by atoms with van der Waals surface area (Å²) in [6, 6.07) is 10.5. The van der Waals surface area contributed by atoms with Crippen LogP contribution in [0.1, 0.15) is 41.8 Å². The van der Waals surface area contributed by atoms with Crippen molar-refractivity contribution in [2.45, 2.75) is 40.2 Å². The molecule has 0 saturated carbocycles. The summed E-state index contributed by atoms with van der Waals surface area (Å²) in [5.41, 5.74) is 2.78. The highest BCUT2D eigenvalue weighted by atomic mass is 35.5. The molecule has 2 rings (SSSR count). The van der Waals surface area contributed by atoms with Gasteiger partial charge < -0.3 is 14.8 Å². The summed E-state index contributed by atoms with van der Waals surface area (Å²) < 4.78 is 10.9. The van der Waals surface area contributed by atoms with E-state index in [4.69, 9.17) is 21.1 Å². The molecule has 1 N–H and O–H groups in total. The molecule has 5 nitrogen and oxygen atoms in total. The smallest absolute Gasteiger partial charge is 0.339 e. The average molecular weight is 390 g/mol. The van der Waals surface area contributed by atoms with E-state index in [-0.39, 0.29) is 23.1 Å². The molecule has 0 heterocycles. The zero-order chi connectivity index (χ0) is 20.0. The third-order valence-corrected chi connectivity index (χ3v) is 4.32. The van der Waals surface area contributed by atoms with E-state index < -0.39 is 12.1 Å². The maximum absolute atomic E-state index is 12.6. The van der Waals surface area contributed by atoms with Crippen LogP contribution in [0.15, 0.2) is 36.4 Å². The van der Waals surface area contributed by atoms with Crippen molar-refractivity contribution in [1.82, 2.24) is 0 Å². The molecule has 0 aliphatic rings. The van der Waals surface area contributed by atoms with Crippen molar-refractivity contribution in [3.63, 3.8) is 0 Å². The van der Waals surface area contributed by atoms with Gasteiger partial charge in [-0.3, -0.25) is 4.79 Å². The number of hydrogen-bond acceptors (Lipinski definition) is 4. The number of aryl methyl sites for hydroxylation is 2. The Morgan fingerprint density at radius 2 is 1.85 bits per heavy atom. The van der Waals surface area contributed by atoms with E-state index in [2.05, 4.69) is 5.32 Å². The van der Waals surface area contributed by atoms with Crippen LogP contribution in [0.3, 0.4) is 0 Å². The van der Waals surface area contributed by atoms with Gasteiger partial charge in [-0.05, 0) is 62.6 Å². The van der Waals surface area contributed by atoms with Gasteiger partial charge in [0.1, 0.15) is 5.75 Å². The first-order valence-corrected chi connectivity index (χ1v) is 9.25. The first-order chi connectivity index (χ1) is 12.8. The van der Waals surface area contributed by atoms with Gasteiger partial charge in [-0.15, -0.1) is 0 Å². The fourth-order valence-corrected chi connectivity index (χ4v) is 2.76. The Morgan fingerprint density at radius 3 is 2.48 bits per heavy atom. The van der Waals surface area contributed by atoms with E-state index in [9.17, 15) is 9.59 Å². The number of benzene rings is 2. The third-order valence-electron chi connectivity index (χ3n) is 4.01. The van der Waals surface area contributed by atoms with Crippen LogP contribution in [0.5, 0.6) is 5.75 Å². The fraction of sp³-hybridized carbons (Fsp3) is 0.333. The van der Waals surface area contributed by atoms with Crippen molar-refractivity contribution in [3.05, 3.63) is 58.1 Å². The van der Waals surface area contributed by atoms with Crippen molar-refractivity contribution in [2.24, 2.45) is 0 Å². The number of halogens is 1. The molecule has 27 heavy (non-hydrogen) atoms. The number of amides is 1. The van der Waals surface area contributed by atoms with Gasteiger partial charge in [-0.1, -0.05) is 30.7 Å². The number of carbonyl (C=O) groups excluding carboxylic acids is 2. The number of esters is 1. The van der Waals surface area contributed by atoms with E-state index in [0.29, 0.717) is 17.9 Å². The summed E-state index contributed by atoms with van der Waals surface area (Å²) in [6.07, 6.45) is -0.137. The summed E-state index contributed by atoms with van der Waals surface area (Å²) in [7, 11) is 0. The molecule has 0 aliphatic carbocycles. The predicted octanol–water partition coefficient (Wildman–Crippen LogP) is 4.93. The van der Waals surface area contributed by atoms with Crippen molar-refractivity contribution < 1.29 is 19.1 Å². The molecule has 1 amide bonds. The van der Waals surface area contributed by atoms with Gasteiger partial charge in [0.2, 0.25) is 0 Å². The lowest BCUT2D eigenvalue weighted by molar-refractivity contribution is -0.122. The molecule has 2 aromatic carbocycles. The largest absolute Gasteiger partial charge is 0.480 e. The van der Waals surface area contributed by atoms with Gasteiger partial charge in [-0.25, -0.2) is 4.79 Å². The zero-order valence-electron chi connectivity index (χ0n) is 16.0. The monoisotopic (exact) mass is 389 g/mol. The second-order valence-electron chi connectivity index (χ2n) is 6.19. The summed E-state index contributed by atoms with van der Waals surface area (Å²) in [5.74, 6) is -0.0869. The van der Waals surface area contributed by atoms with Crippen LogP contribution < -0.4 is 10.1 Å². The Hall–Kier alpha value is -2.53. The van der Waals surface area contributed by atoms with Crippen LogP contribution in [-0.2, 0) is 9.53 Å². The SMILES string of the molecule is CCOC(=O)c1ccc(NC(=O)[C@H](CC)Oc2cc(C)ccc2C)cc1Cl. The van der Waals surface area contributed by atoms with Crippen LogP contribution in [0.2, 0.25) is 5.02 Å². The average Bonchev–Trinajstić information content (AvgIpc) is 2.62. The second kappa shape index (κ2) is 9.42. The molecule has 0 radical (unpaired) electrons. The molecule has 0 fully saturated rings. The number of rotatable bonds is 7. The topological polar surface area (TPSA) is 64.6 Å². The normalized spacial score (nSPS) is 11.6. The van der Waals surface area contributed by atoms with Crippen molar-refractivity contribution in [2.75, 3.05) is 11.9 Å². The maximum atomic E-state index is 12.6. The van der Waals surface area contributed by atoms with Gasteiger partial charge in [0.05, 0.1) is 17.2 Å². The van der Waals surface area contributed by atoms with Gasteiger partial charge >= 0.3 is 5.97 Å². The lowest BCUT2D eigenvalue weighted by Gasteiger charge is -2.19. The molecule has 1 atom stereocenters. The van der Waals surface area contributed by atoms with Crippen LogP contribution in [0, 0.1) is 13.8 Å². The number of hydrogen-bond donors (Lipinski definition) is 1. The lowest BCUT2D eigenvalue weighted by Crippen LogP contribution is -2.32. The minimum Gasteiger partial charge on any atom is -0.480 e. The summed E-state index contributed by atoms with van der Waals surface area (Å²) >= 11 is 6.14. The first kappa shape index (κ1) is 20.8. The Morgan fingerprint density at radius 1 is 1.11 bits per heavy atom. The van der Waals surface area contributed by atoms with Gasteiger partial charge in [0, 0.05) is 5.69 Å². The molecule has 0 unspecified atom stereocenters. The van der Waals surface area contributed by atoms with Crippen molar-refractivity contribution in [1.29, 1.82) is 0 Å². The number of anilines is 1. The molecule has 0 bridgehead atoms. The molecule has 0 saturated heterocycles. The summed E-state index contributed by atoms with van der Waals surface area (Å²) in [4.78, 5) is 24.4. The Kier molecular flexibility index (Phi) is 7.25. The van der Waals surface area contributed by atoms with Crippen molar-refractivity contribution in [3.8, 4) is 5.75 Å². The molecule has 0 aliphatic heterocycles. The Bertz CT molecular complexity index is 835. The Balaban J connectivity index is 2.11. The van der Waals surface area contributed by atoms with E-state index >= 15 is 0 Å². The van der Waals surface area contributed by atoms with Crippen LogP contribution in [-0.4, -0.2) is 24.6 Å². The van der Waals surface area contributed by atoms with E-state index in [1.807, 2.05) is 39.0 Å². The highest BCUT2D eigenvalue weighted by molar-refractivity contribution is 6.34. The third kappa shape index (κ3) is 5.47. The molecule has 0 spiro atoms. The van der Waals surface area contributed by atoms with E-state index in [1.54, 1.807) is 13.0 Å². The van der Waals surface area contributed by atoms with Crippen LogP contribution >= 0.6 is 11.6 Å². The Labute approximate surface area is 164 Å². The molecular weight excluding hydrogens is 366 g/mol. The minimum absolute atomic E-state index is 0.217. The number of nitrogens with one attached hydrogen (secondary N) is 1. The number of ether oxygens (including phenoxy) is 2. The maximum Gasteiger partial charge on any atom is 0.339 e. The van der Waals surface area contributed by atoms with Crippen molar-refractivity contribution >= 4 is 29.2 Å². The predicted molar refractivity (Wildman–Crippen MR) is 107 cm³/mol. The highest BCUT2D eigenvalue weighted by Gasteiger charge is 2.20. The first-order valence-electron chi connectivity index (χ1n) is 8.87. The number of carbonyl (C=O) groups is 2. The van der Waals surface area contributed by atoms with E-state index in [1.165, 1.54) is 12.1 Å². The van der Waals surface area contributed by atoms with Crippen LogP contribution in [0.4, 0.5) is 5.69 Å². The van der Waals surface area contributed by atoms with Gasteiger partial charge in [0.15, 0.2) is 6.10 Å². The standard InChI is InChI=1S/C21H24ClNO4/c1-5-18(27-19-11-13(3)7-8-14(19)4)20(24)23-15-9-10-16(17(22)12-15)21(25)26-6-2/h7-12,18H,5-6H2,1-4H3,(H,23,24)/t18-/m0/s1. The quantitative estimate of drug-likeness (QED) is 0.682. The van der Waals surface area contributed by atoms with Gasteiger partial charge in [0.25, 0.3) is 5.91 Å². The molecule has 2 aromatic rings. The summed E-state index contributed by atoms with van der Waals surface area (Å²) in [5, 5.41) is 3.00. The van der Waals surface area contributed by atoms with Crippen LogP contribution in [0.25, 0.3) is 0 Å². The minimum atomic E-state index is -0.644. The summed E-state index contributed by atoms with van der Waals surface area (Å²) in [6.45, 7) is 7.78. The van der Waals surface area contributed by atoms with E-state index in [0.717, 1.165) is 11.1 Å². The molecule has 144 valence electrons. The second-order valence-corrected chi connectivity index (χ2v) is 6.60. The lowest BCUT2D eigenvalue weighted by atomic mass is 10.1. The molecular formula is C21H24ClNO4. The van der Waals surface area contributed by atoms with Gasteiger partial charge in [-0.2, -0.15) is 0 Å². The fourth-order valence-electron chi connectivity index (χ4n) is 2.50. The zero-order valence-corrected chi connectivity index (χ0v) is 16.7. The molecule has 0 aromatic heterocycles. The highest BCUT2D eigenvalue weighted by Crippen LogP contribution is 2.24.